The molecule has 0 aromatic carbocycles. The summed E-state index contributed by atoms with van der Waals surface area (Å²) in [5, 5.41) is 12.8. The molecule has 1 rings (SSSR count). The predicted octanol–water partition coefficient (Wildman–Crippen LogP) is 2.84. The van der Waals surface area contributed by atoms with Crippen LogP contribution in [0, 0.1) is 17.2 Å². The van der Waals surface area contributed by atoms with Crippen LogP contribution in [0.15, 0.2) is 0 Å². The zero-order chi connectivity index (χ0) is 14.6. The Kier molecular flexibility index (Phi) is 5.19. The third kappa shape index (κ3) is 3.38. The third-order valence-electron chi connectivity index (χ3n) is 2.89. The number of carbonyl (C=O) groups excluding carboxylic acids is 1. The Labute approximate surface area is 117 Å². The third-order valence-corrected chi connectivity index (χ3v) is 3.93. The first-order chi connectivity index (χ1) is 8.92. The minimum Gasteiger partial charge on any atom is -0.462 e. The van der Waals surface area contributed by atoms with Gasteiger partial charge < -0.3 is 15.8 Å². The van der Waals surface area contributed by atoms with E-state index >= 15 is 0 Å². The lowest BCUT2D eigenvalue weighted by atomic mass is 10.1. The number of hydrogen-bond donors (Lipinski definition) is 2. The van der Waals surface area contributed by atoms with Crippen molar-refractivity contribution in [2.75, 3.05) is 17.7 Å². The quantitative estimate of drug-likeness (QED) is 0.810. The lowest BCUT2D eigenvalue weighted by Crippen LogP contribution is -2.22. The minimum absolute atomic E-state index is 0.165. The standard InChI is InChI=1S/C13H19N3O2S/c1-5-18-13(17)10-11(15)9(6-14)19-12(10)16-8(4)7(2)3/h7-8,16H,5,15H2,1-4H3. The van der Waals surface area contributed by atoms with Crippen LogP contribution in [0.3, 0.4) is 0 Å². The van der Waals surface area contributed by atoms with Gasteiger partial charge in [0.2, 0.25) is 0 Å². The zero-order valence-electron chi connectivity index (χ0n) is 11.6. The van der Waals surface area contributed by atoms with Crippen molar-refractivity contribution in [2.45, 2.75) is 33.7 Å². The fraction of sp³-hybridized carbons (Fsp3) is 0.538. The number of nitrogens with zero attached hydrogens (tertiary/aromatic N) is 1. The van der Waals surface area contributed by atoms with Crippen LogP contribution in [-0.2, 0) is 4.74 Å². The van der Waals surface area contributed by atoms with E-state index < -0.39 is 5.97 Å². The number of thiophene rings is 1. The predicted molar refractivity (Wildman–Crippen MR) is 77.3 cm³/mol. The molecule has 0 bridgehead atoms. The first kappa shape index (κ1) is 15.3. The highest BCUT2D eigenvalue weighted by Gasteiger charge is 2.24. The molecule has 0 aliphatic rings. The fourth-order valence-electron chi connectivity index (χ4n) is 1.41. The second-order valence-electron chi connectivity index (χ2n) is 4.56. The van der Waals surface area contributed by atoms with E-state index in [1.807, 2.05) is 13.0 Å². The van der Waals surface area contributed by atoms with Gasteiger partial charge in [0.25, 0.3) is 0 Å². The maximum Gasteiger partial charge on any atom is 0.343 e. The summed E-state index contributed by atoms with van der Waals surface area (Å²) < 4.78 is 4.99. The highest BCUT2D eigenvalue weighted by molar-refractivity contribution is 7.17. The lowest BCUT2D eigenvalue weighted by Gasteiger charge is -2.18. The van der Waals surface area contributed by atoms with Crippen molar-refractivity contribution >= 4 is 28.0 Å². The summed E-state index contributed by atoms with van der Waals surface area (Å²) in [6.45, 7) is 8.17. The van der Waals surface area contributed by atoms with Gasteiger partial charge in [-0.1, -0.05) is 13.8 Å². The van der Waals surface area contributed by atoms with Crippen molar-refractivity contribution in [3.8, 4) is 6.07 Å². The number of carbonyl (C=O) groups is 1. The maximum atomic E-state index is 11.9. The first-order valence-corrected chi connectivity index (χ1v) is 7.00. The van der Waals surface area contributed by atoms with E-state index in [0.29, 0.717) is 15.8 Å². The van der Waals surface area contributed by atoms with E-state index in [2.05, 4.69) is 19.2 Å². The number of nitriles is 1. The van der Waals surface area contributed by atoms with Crippen molar-refractivity contribution < 1.29 is 9.53 Å². The van der Waals surface area contributed by atoms with Crippen LogP contribution in [0.4, 0.5) is 10.7 Å². The van der Waals surface area contributed by atoms with Crippen molar-refractivity contribution in [2.24, 2.45) is 5.92 Å². The monoisotopic (exact) mass is 281 g/mol. The smallest absolute Gasteiger partial charge is 0.343 e. The number of nitrogen functional groups attached to an aromatic ring is 1. The highest BCUT2D eigenvalue weighted by Crippen LogP contribution is 2.36. The number of esters is 1. The van der Waals surface area contributed by atoms with E-state index in [-0.39, 0.29) is 23.9 Å². The number of anilines is 2. The lowest BCUT2D eigenvalue weighted by molar-refractivity contribution is 0.0529. The second kappa shape index (κ2) is 6.43. The molecule has 5 nitrogen and oxygen atoms in total. The molecule has 19 heavy (non-hydrogen) atoms. The van der Waals surface area contributed by atoms with E-state index in [1.165, 1.54) is 11.3 Å². The Balaban J connectivity index is 3.16. The molecule has 6 heteroatoms. The van der Waals surface area contributed by atoms with E-state index in [4.69, 9.17) is 15.7 Å². The highest BCUT2D eigenvalue weighted by atomic mass is 32.1. The minimum atomic E-state index is -0.490. The Bertz CT molecular complexity index is 503. The van der Waals surface area contributed by atoms with Crippen LogP contribution in [0.2, 0.25) is 0 Å². The molecule has 1 aromatic rings. The van der Waals surface area contributed by atoms with Crippen LogP contribution >= 0.6 is 11.3 Å². The van der Waals surface area contributed by atoms with E-state index in [0.717, 1.165) is 0 Å². The molecule has 0 amide bonds. The largest absolute Gasteiger partial charge is 0.462 e. The number of ether oxygens (including phenoxy) is 1. The number of rotatable bonds is 5. The van der Waals surface area contributed by atoms with Gasteiger partial charge in [-0.05, 0) is 19.8 Å². The Morgan fingerprint density at radius 1 is 1.53 bits per heavy atom. The summed E-state index contributed by atoms with van der Waals surface area (Å²) in [5.41, 5.74) is 6.32. The molecule has 1 atom stereocenters. The number of hydrogen-bond acceptors (Lipinski definition) is 6. The van der Waals surface area contributed by atoms with Crippen molar-refractivity contribution in [1.82, 2.24) is 0 Å². The van der Waals surface area contributed by atoms with Crippen LogP contribution in [-0.4, -0.2) is 18.6 Å². The van der Waals surface area contributed by atoms with Gasteiger partial charge in [-0.15, -0.1) is 11.3 Å². The molecule has 0 radical (unpaired) electrons. The molecule has 0 aliphatic heterocycles. The van der Waals surface area contributed by atoms with E-state index in [1.54, 1.807) is 6.92 Å². The summed E-state index contributed by atoms with van der Waals surface area (Å²) in [7, 11) is 0. The summed E-state index contributed by atoms with van der Waals surface area (Å²) in [6.07, 6.45) is 0. The molecular weight excluding hydrogens is 262 g/mol. The van der Waals surface area contributed by atoms with Gasteiger partial charge in [0.15, 0.2) is 0 Å². The van der Waals surface area contributed by atoms with Gasteiger partial charge in [-0.2, -0.15) is 5.26 Å². The fourth-order valence-corrected chi connectivity index (χ4v) is 2.41. The van der Waals surface area contributed by atoms with Crippen molar-refractivity contribution in [1.29, 1.82) is 5.26 Å². The molecule has 0 saturated heterocycles. The van der Waals surface area contributed by atoms with Crippen LogP contribution < -0.4 is 11.1 Å². The Morgan fingerprint density at radius 2 is 2.16 bits per heavy atom. The average Bonchev–Trinajstić information content (AvgIpc) is 2.65. The van der Waals surface area contributed by atoms with Crippen molar-refractivity contribution in [3.05, 3.63) is 10.4 Å². The number of nitrogens with two attached hydrogens (primary N) is 1. The molecule has 3 N–H and O–H groups in total. The summed E-state index contributed by atoms with van der Waals surface area (Å²) in [6, 6.07) is 2.17. The van der Waals surface area contributed by atoms with Gasteiger partial charge in [0.05, 0.1) is 12.3 Å². The molecule has 1 aromatic heterocycles. The first-order valence-electron chi connectivity index (χ1n) is 6.18. The molecule has 0 aliphatic carbocycles. The molecule has 0 spiro atoms. The van der Waals surface area contributed by atoms with Gasteiger partial charge in [0, 0.05) is 6.04 Å². The SMILES string of the molecule is CCOC(=O)c1c(NC(C)C(C)C)sc(C#N)c1N. The van der Waals surface area contributed by atoms with Gasteiger partial charge >= 0.3 is 5.97 Å². The van der Waals surface area contributed by atoms with Gasteiger partial charge in [-0.25, -0.2) is 4.79 Å². The second-order valence-corrected chi connectivity index (χ2v) is 5.58. The summed E-state index contributed by atoms with van der Waals surface area (Å²) >= 11 is 1.19. The average molecular weight is 281 g/mol. The molecular formula is C13H19N3O2S. The molecule has 0 saturated carbocycles. The van der Waals surface area contributed by atoms with Crippen LogP contribution in [0.25, 0.3) is 0 Å². The van der Waals surface area contributed by atoms with Gasteiger partial charge in [-0.3, -0.25) is 0 Å². The topological polar surface area (TPSA) is 88.1 Å². The molecule has 1 heterocycles. The maximum absolute atomic E-state index is 11.9. The van der Waals surface area contributed by atoms with Crippen LogP contribution in [0.1, 0.15) is 42.9 Å². The number of nitrogens with one attached hydrogen (secondary N) is 1. The molecule has 104 valence electrons. The zero-order valence-corrected chi connectivity index (χ0v) is 12.4. The van der Waals surface area contributed by atoms with Crippen LogP contribution in [0.5, 0.6) is 0 Å². The van der Waals surface area contributed by atoms with Gasteiger partial charge in [0.1, 0.15) is 21.5 Å². The Morgan fingerprint density at radius 3 is 2.63 bits per heavy atom. The summed E-state index contributed by atoms with van der Waals surface area (Å²) in [4.78, 5) is 12.3. The summed E-state index contributed by atoms with van der Waals surface area (Å²) in [5.74, 6) is -0.0971. The van der Waals surface area contributed by atoms with Crippen molar-refractivity contribution in [3.63, 3.8) is 0 Å². The Hall–Kier alpha value is -1.74. The normalized spacial score (nSPS) is 12.0. The molecule has 0 fully saturated rings. The molecule has 1 unspecified atom stereocenters. The van der Waals surface area contributed by atoms with E-state index in [9.17, 15) is 4.79 Å².